The van der Waals surface area contributed by atoms with Crippen molar-refractivity contribution in [1.29, 1.82) is 0 Å². The number of amides is 3. The Morgan fingerprint density at radius 2 is 1.96 bits per heavy atom. The van der Waals surface area contributed by atoms with Crippen molar-refractivity contribution in [3.63, 3.8) is 0 Å². The molecule has 2 saturated heterocycles. The fourth-order valence-corrected chi connectivity index (χ4v) is 3.71. The van der Waals surface area contributed by atoms with Gasteiger partial charge in [-0.25, -0.2) is 4.79 Å². The molecular weight excluding hydrogens is 350 g/mol. The summed E-state index contributed by atoms with van der Waals surface area (Å²) < 4.78 is 11.2. The lowest BCUT2D eigenvalue weighted by Crippen LogP contribution is -2.57. The first kappa shape index (κ1) is 19.6. The molecule has 3 amide bonds. The van der Waals surface area contributed by atoms with Crippen molar-refractivity contribution in [2.24, 2.45) is 0 Å². The van der Waals surface area contributed by atoms with E-state index in [1.54, 1.807) is 17.0 Å². The Labute approximate surface area is 158 Å². The van der Waals surface area contributed by atoms with Crippen molar-refractivity contribution < 1.29 is 24.2 Å². The predicted molar refractivity (Wildman–Crippen MR) is 99.4 cm³/mol. The number of carbonyl (C=O) groups excluding carboxylic acids is 2. The molecule has 8 heteroatoms. The van der Waals surface area contributed by atoms with Gasteiger partial charge in [-0.3, -0.25) is 4.79 Å². The fourth-order valence-electron chi connectivity index (χ4n) is 3.71. The zero-order valence-electron chi connectivity index (χ0n) is 15.5. The van der Waals surface area contributed by atoms with Crippen LogP contribution in [0.4, 0.5) is 10.5 Å². The first-order valence-corrected chi connectivity index (χ1v) is 9.40. The van der Waals surface area contributed by atoms with Crippen LogP contribution in [0.2, 0.25) is 0 Å². The molecule has 2 atom stereocenters. The number of aliphatic hydroxyl groups is 1. The summed E-state index contributed by atoms with van der Waals surface area (Å²) in [7, 11) is 0. The molecule has 1 aromatic carbocycles. The molecule has 0 spiro atoms. The number of nitrogens with one attached hydrogen (secondary N) is 2. The number of morpholine rings is 1. The zero-order chi connectivity index (χ0) is 19.2. The Morgan fingerprint density at radius 3 is 2.59 bits per heavy atom. The first-order chi connectivity index (χ1) is 13.1. The zero-order valence-corrected chi connectivity index (χ0v) is 15.5. The van der Waals surface area contributed by atoms with E-state index in [-0.39, 0.29) is 31.2 Å². The molecule has 0 bridgehead atoms. The second kappa shape index (κ2) is 9.16. The van der Waals surface area contributed by atoms with Crippen LogP contribution in [0.25, 0.3) is 0 Å². The van der Waals surface area contributed by atoms with Gasteiger partial charge in [0.05, 0.1) is 12.6 Å². The Morgan fingerprint density at radius 1 is 1.26 bits per heavy atom. The number of hydrogen-bond donors (Lipinski definition) is 3. The molecule has 2 unspecified atom stereocenters. The van der Waals surface area contributed by atoms with Gasteiger partial charge in [0.1, 0.15) is 12.7 Å². The van der Waals surface area contributed by atoms with E-state index in [9.17, 15) is 14.7 Å². The largest absolute Gasteiger partial charge is 0.394 e. The predicted octanol–water partition coefficient (Wildman–Crippen LogP) is 1.27. The van der Waals surface area contributed by atoms with Gasteiger partial charge in [0.15, 0.2) is 0 Å². The van der Waals surface area contributed by atoms with Gasteiger partial charge in [-0.1, -0.05) is 12.1 Å². The number of carbonyl (C=O) groups is 2. The Hall–Kier alpha value is -2.16. The second-order valence-corrected chi connectivity index (χ2v) is 6.73. The average molecular weight is 377 g/mol. The third kappa shape index (κ3) is 4.58. The lowest BCUT2D eigenvalue weighted by atomic mass is 9.95. The van der Waals surface area contributed by atoms with E-state index in [1.165, 1.54) is 0 Å². The minimum Gasteiger partial charge on any atom is -0.394 e. The molecule has 3 rings (SSSR count). The third-order valence-electron chi connectivity index (χ3n) is 4.99. The minimum absolute atomic E-state index is 0.00255. The quantitative estimate of drug-likeness (QED) is 0.718. The van der Waals surface area contributed by atoms with Crippen LogP contribution < -0.4 is 10.6 Å². The number of nitrogens with zero attached hydrogens (tertiary/aromatic N) is 1. The molecule has 148 valence electrons. The molecule has 3 N–H and O–H groups in total. The summed E-state index contributed by atoms with van der Waals surface area (Å²) in [5, 5.41) is 15.4. The Balaban J connectivity index is 1.74. The Kier molecular flexibility index (Phi) is 6.65. The topological polar surface area (TPSA) is 100 Å². The molecule has 2 aliphatic rings. The van der Waals surface area contributed by atoms with Crippen LogP contribution in [0.15, 0.2) is 24.3 Å². The van der Waals surface area contributed by atoms with Crippen molar-refractivity contribution >= 4 is 17.6 Å². The molecule has 0 saturated carbocycles. The van der Waals surface area contributed by atoms with E-state index in [2.05, 4.69) is 10.6 Å². The average Bonchev–Trinajstić information content (AvgIpc) is 2.69. The molecule has 0 radical (unpaired) electrons. The van der Waals surface area contributed by atoms with Gasteiger partial charge < -0.3 is 30.1 Å². The number of hydrogen-bond acceptors (Lipinski definition) is 5. The molecule has 1 aromatic rings. The molecule has 2 heterocycles. The summed E-state index contributed by atoms with van der Waals surface area (Å²) >= 11 is 0. The van der Waals surface area contributed by atoms with Crippen LogP contribution in [0.5, 0.6) is 0 Å². The summed E-state index contributed by atoms with van der Waals surface area (Å²) in [5.74, 6) is -0.0910. The molecular formula is C19H27N3O5. The van der Waals surface area contributed by atoms with Crippen molar-refractivity contribution in [1.82, 2.24) is 10.2 Å². The van der Waals surface area contributed by atoms with E-state index in [1.807, 2.05) is 19.1 Å². The van der Waals surface area contributed by atoms with Crippen LogP contribution in [0.1, 0.15) is 31.4 Å². The highest BCUT2D eigenvalue weighted by Crippen LogP contribution is 2.33. The summed E-state index contributed by atoms with van der Waals surface area (Å²) in [4.78, 5) is 25.9. The van der Waals surface area contributed by atoms with Gasteiger partial charge in [0.25, 0.3) is 0 Å². The molecule has 27 heavy (non-hydrogen) atoms. The maximum absolute atomic E-state index is 12.5. The number of ether oxygens (including phenoxy) is 2. The minimum atomic E-state index is -0.434. The summed E-state index contributed by atoms with van der Waals surface area (Å²) in [6, 6.07) is 6.66. The SMILES string of the molecule is CCNC(=O)Nc1ccc(C2OCC(=O)N(C3CCOCC3)C2CO)cc1. The van der Waals surface area contributed by atoms with Crippen molar-refractivity contribution in [2.45, 2.75) is 38.0 Å². The van der Waals surface area contributed by atoms with E-state index in [4.69, 9.17) is 9.47 Å². The van der Waals surface area contributed by atoms with Gasteiger partial charge in [0.2, 0.25) is 5.91 Å². The Bertz CT molecular complexity index is 645. The van der Waals surface area contributed by atoms with Gasteiger partial charge in [-0.15, -0.1) is 0 Å². The standard InChI is InChI=1S/C19H27N3O5/c1-2-20-19(25)21-14-5-3-13(4-6-14)18-16(11-23)22(17(24)12-27-18)15-7-9-26-10-8-15/h3-6,15-16,18,23H,2,7-12H2,1H3,(H2,20,21,25). The number of benzene rings is 1. The van der Waals surface area contributed by atoms with Crippen molar-refractivity contribution in [3.8, 4) is 0 Å². The van der Waals surface area contributed by atoms with Gasteiger partial charge >= 0.3 is 6.03 Å². The van der Waals surface area contributed by atoms with Crippen LogP contribution in [-0.4, -0.2) is 67.0 Å². The molecule has 8 nitrogen and oxygen atoms in total. The lowest BCUT2D eigenvalue weighted by Gasteiger charge is -2.45. The number of urea groups is 1. The number of anilines is 1. The number of rotatable bonds is 5. The first-order valence-electron chi connectivity index (χ1n) is 9.40. The lowest BCUT2D eigenvalue weighted by molar-refractivity contribution is -0.168. The van der Waals surface area contributed by atoms with Crippen LogP contribution in [0.3, 0.4) is 0 Å². The highest BCUT2D eigenvalue weighted by atomic mass is 16.5. The summed E-state index contributed by atoms with van der Waals surface area (Å²) in [6.07, 6.45) is 1.13. The highest BCUT2D eigenvalue weighted by molar-refractivity contribution is 5.89. The van der Waals surface area contributed by atoms with E-state index >= 15 is 0 Å². The van der Waals surface area contributed by atoms with E-state index in [0.29, 0.717) is 25.4 Å². The second-order valence-electron chi connectivity index (χ2n) is 6.73. The third-order valence-corrected chi connectivity index (χ3v) is 4.99. The van der Waals surface area contributed by atoms with Gasteiger partial charge in [0, 0.05) is 31.5 Å². The molecule has 0 aliphatic carbocycles. The monoisotopic (exact) mass is 377 g/mol. The maximum Gasteiger partial charge on any atom is 0.319 e. The molecule has 2 fully saturated rings. The van der Waals surface area contributed by atoms with Crippen LogP contribution >= 0.6 is 0 Å². The number of aliphatic hydroxyl groups excluding tert-OH is 1. The summed E-state index contributed by atoms with van der Waals surface area (Å²) in [5.41, 5.74) is 1.53. The molecule has 2 aliphatic heterocycles. The maximum atomic E-state index is 12.5. The fraction of sp³-hybridized carbons (Fsp3) is 0.579. The normalized spacial score (nSPS) is 23.9. The highest BCUT2D eigenvalue weighted by Gasteiger charge is 2.41. The smallest absolute Gasteiger partial charge is 0.319 e. The van der Waals surface area contributed by atoms with Gasteiger partial charge in [-0.05, 0) is 37.5 Å². The van der Waals surface area contributed by atoms with Crippen molar-refractivity contribution in [3.05, 3.63) is 29.8 Å². The van der Waals surface area contributed by atoms with Crippen molar-refractivity contribution in [2.75, 3.05) is 38.3 Å². The van der Waals surface area contributed by atoms with E-state index < -0.39 is 12.1 Å². The van der Waals surface area contributed by atoms with Crippen LogP contribution in [-0.2, 0) is 14.3 Å². The van der Waals surface area contributed by atoms with Crippen LogP contribution in [0, 0.1) is 0 Å². The molecule has 0 aromatic heterocycles. The van der Waals surface area contributed by atoms with E-state index in [0.717, 1.165) is 18.4 Å². The summed E-state index contributed by atoms with van der Waals surface area (Å²) in [6.45, 7) is 3.47. The van der Waals surface area contributed by atoms with Gasteiger partial charge in [-0.2, -0.15) is 0 Å².